The normalized spacial score (nSPS) is 15.5. The Kier molecular flexibility index (Phi) is 31.0. The van der Waals surface area contributed by atoms with Gasteiger partial charge in [-0.1, -0.05) is 175 Å². The number of hydrogen-bond donors (Lipinski definition) is 7. The molecule has 3 amide bonds. The molecule has 5 aliphatic rings. The molecule has 4 aromatic heterocycles. The average Bonchev–Trinajstić information content (AvgIpc) is 1.06. The third kappa shape index (κ3) is 24.2. The van der Waals surface area contributed by atoms with Gasteiger partial charge in [0.2, 0.25) is 0 Å². The number of nitrogen functional groups attached to an aromatic ring is 4. The monoisotopic (exact) mass is 1780 g/mol. The number of likely N-dealkylation sites (tertiary alicyclic amines) is 3. The van der Waals surface area contributed by atoms with Gasteiger partial charge in [0.25, 0.3) is 17.7 Å². The molecule has 128 heavy (non-hydrogen) atoms. The van der Waals surface area contributed by atoms with Crippen molar-refractivity contribution in [3.63, 3.8) is 0 Å². The fraction of sp³-hybridized carbons (Fsp3) is 0.314. The summed E-state index contributed by atoms with van der Waals surface area (Å²) in [7, 11) is 3.78. The topological polar surface area (TPSA) is 289 Å². The van der Waals surface area contributed by atoms with E-state index in [2.05, 4.69) is 77.5 Å². The minimum Gasteiger partial charge on any atom is -0.392 e. The molecule has 7 heterocycles. The van der Waals surface area contributed by atoms with Gasteiger partial charge >= 0.3 is 0 Å². The number of carbonyl (C=O) groups is 4. The van der Waals surface area contributed by atoms with Gasteiger partial charge in [0.1, 0.15) is 23.3 Å². The molecule has 0 radical (unpaired) electrons. The molecule has 654 valence electrons. The number of aliphatic hydroxyl groups is 2. The number of nitrogens with one attached hydrogen (secondary N) is 1. The van der Waals surface area contributed by atoms with Crippen LogP contribution in [-0.2, 0) is 0 Å². The molecular weight excluding hydrogens is 1680 g/mol. The van der Waals surface area contributed by atoms with Gasteiger partial charge in [-0.15, -0.1) is 0 Å². The number of hydrogen-bond acceptors (Lipinski definition) is 16. The van der Waals surface area contributed by atoms with Crippen molar-refractivity contribution >= 4 is 136 Å². The van der Waals surface area contributed by atoms with Crippen molar-refractivity contribution in [3.8, 4) is 47.4 Å². The Balaban J connectivity index is 0.000000138. The minimum atomic E-state index is -0.589. The first kappa shape index (κ1) is 92.1. The predicted molar refractivity (Wildman–Crippen MR) is 518 cm³/mol. The summed E-state index contributed by atoms with van der Waals surface area (Å²) in [5.41, 5.74) is 33.4. The van der Waals surface area contributed by atoms with Crippen LogP contribution in [0.15, 0.2) is 195 Å². The van der Waals surface area contributed by atoms with Crippen molar-refractivity contribution in [1.82, 2.24) is 44.9 Å². The van der Waals surface area contributed by atoms with Gasteiger partial charge in [0.05, 0.1) is 34.5 Å². The van der Waals surface area contributed by atoms with Crippen molar-refractivity contribution in [2.24, 2.45) is 10.8 Å². The molecule has 2 aliphatic carbocycles. The summed E-state index contributed by atoms with van der Waals surface area (Å²) in [6.45, 7) is 6.84. The Labute approximate surface area is 768 Å². The largest absolute Gasteiger partial charge is 0.392 e. The third-order valence-corrected chi connectivity index (χ3v) is 25.9. The number of carbonyl (C=O) groups excluding carboxylic acids is 4. The highest BCUT2D eigenvalue weighted by molar-refractivity contribution is 6.32. The first-order chi connectivity index (χ1) is 61.9. The van der Waals surface area contributed by atoms with E-state index in [1.165, 1.54) is 77.0 Å². The van der Waals surface area contributed by atoms with Crippen molar-refractivity contribution in [1.29, 1.82) is 0 Å². The number of nitrogens with zero attached hydrogens (tertiary/aromatic N) is 8. The Hall–Kier alpha value is -12.1. The van der Waals surface area contributed by atoms with E-state index in [0.717, 1.165) is 136 Å². The molecule has 2 spiro atoms. The quantitative estimate of drug-likeness (QED) is 0.0417. The van der Waals surface area contributed by atoms with Gasteiger partial charge in [-0.05, 0) is 236 Å². The third-order valence-electron chi connectivity index (χ3n) is 25.0. The molecule has 17 rings (SSSR count). The number of Topliss-reactive ketones (excluding diaryl/α,β-unsaturated/α-hetero) is 1. The molecule has 3 aliphatic heterocycles. The zero-order chi connectivity index (χ0) is 89.9. The molecule has 11 N–H and O–H groups in total. The van der Waals surface area contributed by atoms with Crippen LogP contribution < -0.4 is 28.3 Å². The first-order valence-electron chi connectivity index (χ1n) is 43.9. The van der Waals surface area contributed by atoms with Gasteiger partial charge in [0.15, 0.2) is 5.78 Å². The second-order valence-corrected chi connectivity index (χ2v) is 36.0. The summed E-state index contributed by atoms with van der Waals surface area (Å²) in [6.07, 6.45) is 26.9. The van der Waals surface area contributed by atoms with E-state index in [4.69, 9.17) is 69.3 Å². The number of aliphatic hydroxyl groups excluding tert-OH is 2. The molecule has 3 saturated heterocycles. The van der Waals surface area contributed by atoms with Gasteiger partial charge in [-0.25, -0.2) is 19.9 Å². The Morgan fingerprint density at radius 1 is 0.406 bits per heavy atom. The molecule has 2 atom stereocenters. The van der Waals surface area contributed by atoms with Crippen LogP contribution in [-0.4, -0.2) is 158 Å². The van der Waals surface area contributed by atoms with Gasteiger partial charge in [-0.3, -0.25) is 19.2 Å². The number of piperidine rings is 2. The van der Waals surface area contributed by atoms with E-state index in [1.807, 2.05) is 144 Å². The Morgan fingerprint density at radius 3 is 1.12 bits per heavy atom. The molecule has 23 heteroatoms. The summed E-state index contributed by atoms with van der Waals surface area (Å²) in [6, 6.07) is 51.4. The number of fused-ring (bicyclic) bond motifs is 4. The fourth-order valence-electron chi connectivity index (χ4n) is 17.7. The standard InChI is InChI=1S/2C28H28ClN3O.C25H25ClN4O2.C24H24ClN3O2/c2*29-23-10-9-22-19-31-26(30)24(25(22)18-23)11-6-20-4-7-21(8-5-20)27(33)32-16-14-28(15-17-32)12-2-1-3-13-28;26-20-8-7-19-14-28-24(27)22(23(19)13-20)9-6-17-4-3-5-18(12-17)25(32)29-15-21(31)16-30-10-1-2-11-30;1-28(2)15-20(29)10-12-23(30)17-6-3-16(4-7-17)5-11-21-22-13-19(25)9-8-18(22)14-27-24(21)26/h2*4-5,7-10,18-19H,1-3,12-17H2,(H2,30,31);3-5,7-8,12-14,21,31H,1-2,10-11,15-16H2,(H2,27,28)(H,29,32);3-4,6-9,13-14,20,29H,10,12,15H2,1-2H3,(H2,26,27). The number of benzene rings is 8. The maximum Gasteiger partial charge on any atom is 0.253 e. The molecule has 5 fully saturated rings. The SMILES string of the molecule is CN(C)CC(O)CCC(=O)c1ccc(C#Cc2c(N)ncc3ccc(Cl)cc23)cc1.Nc1ncc2ccc(Cl)cc2c1C#Cc1ccc(C(=O)N2CCC3(CCCCC3)CC2)cc1.Nc1ncc2ccc(Cl)cc2c1C#Cc1ccc(C(=O)N2CCC3(CCCCC3)CC2)cc1.Nc1ncc2ccc(Cl)cc2c1C#Cc1cccc(C(=O)NCC(O)CN2CCCC2)c1. The second kappa shape index (κ2) is 43.1. The van der Waals surface area contributed by atoms with Crippen LogP contribution in [0.1, 0.15) is 202 Å². The van der Waals surface area contributed by atoms with Crippen LogP contribution in [0.5, 0.6) is 0 Å². The number of likely N-dealkylation sites (N-methyl/N-ethyl adjacent to an activating group) is 1. The van der Waals surface area contributed by atoms with Gasteiger partial charge in [-0.2, -0.15) is 0 Å². The average molecular weight is 1790 g/mol. The van der Waals surface area contributed by atoms with Gasteiger partial charge < -0.3 is 58.1 Å². The maximum atomic E-state index is 13.0. The van der Waals surface area contributed by atoms with Crippen LogP contribution in [0, 0.1) is 58.2 Å². The van der Waals surface area contributed by atoms with Crippen molar-refractivity contribution in [3.05, 3.63) is 281 Å². The summed E-state index contributed by atoms with van der Waals surface area (Å²) < 4.78 is 0. The minimum absolute atomic E-state index is 0.00413. The van der Waals surface area contributed by atoms with E-state index in [9.17, 15) is 29.4 Å². The maximum absolute atomic E-state index is 13.0. The van der Waals surface area contributed by atoms with E-state index < -0.39 is 12.2 Å². The number of ketones is 1. The zero-order valence-electron chi connectivity index (χ0n) is 72.1. The molecule has 8 aromatic carbocycles. The lowest BCUT2D eigenvalue weighted by Crippen LogP contribution is -2.43. The number of pyridine rings is 4. The second-order valence-electron chi connectivity index (χ2n) is 34.3. The number of aromatic nitrogens is 4. The number of rotatable bonds is 13. The van der Waals surface area contributed by atoms with Crippen LogP contribution >= 0.6 is 46.4 Å². The van der Waals surface area contributed by atoms with Crippen LogP contribution in [0.3, 0.4) is 0 Å². The fourth-order valence-corrected chi connectivity index (χ4v) is 18.4. The molecule has 0 bridgehead atoms. The number of halogens is 4. The molecule has 12 aromatic rings. The summed E-state index contributed by atoms with van der Waals surface area (Å²) in [4.78, 5) is 76.1. The highest BCUT2D eigenvalue weighted by atomic mass is 35.5. The van der Waals surface area contributed by atoms with Crippen molar-refractivity contribution < 1.29 is 29.4 Å². The summed E-state index contributed by atoms with van der Waals surface area (Å²) in [5, 5.41) is 32.5. The molecule has 2 saturated carbocycles. The molecular formula is C105H105Cl4N13O6. The lowest BCUT2D eigenvalue weighted by Gasteiger charge is -2.44. The number of β-amino-alcohol motifs (C(OH)–C–C–N with tert-alkyl or cyclic N) is 1. The lowest BCUT2D eigenvalue weighted by atomic mass is 9.68. The van der Waals surface area contributed by atoms with Crippen molar-refractivity contribution in [2.75, 3.05) is 95.9 Å². The highest BCUT2D eigenvalue weighted by Crippen LogP contribution is 2.46. The van der Waals surface area contributed by atoms with Crippen molar-refractivity contribution in [2.45, 2.75) is 128 Å². The number of amides is 3. The van der Waals surface area contributed by atoms with E-state index in [-0.39, 0.29) is 30.0 Å². The van der Waals surface area contributed by atoms with Gasteiger partial charge in [0, 0.05) is 185 Å². The van der Waals surface area contributed by atoms with E-state index >= 15 is 0 Å². The smallest absolute Gasteiger partial charge is 0.253 e. The predicted octanol–water partition coefficient (Wildman–Crippen LogP) is 18.9. The summed E-state index contributed by atoms with van der Waals surface area (Å²) >= 11 is 24.6. The zero-order valence-corrected chi connectivity index (χ0v) is 75.2. The van der Waals surface area contributed by atoms with Crippen LogP contribution in [0.25, 0.3) is 43.1 Å². The first-order valence-corrected chi connectivity index (χ1v) is 45.4. The summed E-state index contributed by atoms with van der Waals surface area (Å²) in [5.74, 6) is 26.4. The molecule has 2 unspecified atom stereocenters. The lowest BCUT2D eigenvalue weighted by molar-refractivity contribution is 0.0465. The Morgan fingerprint density at radius 2 is 0.758 bits per heavy atom. The Bertz CT molecular complexity index is 6100. The van der Waals surface area contributed by atoms with E-state index in [1.54, 1.807) is 79.4 Å². The number of nitrogens with two attached hydrogens (primary N) is 4. The van der Waals surface area contributed by atoms with Crippen LogP contribution in [0.4, 0.5) is 23.3 Å². The number of anilines is 4. The highest BCUT2D eigenvalue weighted by Gasteiger charge is 2.38. The van der Waals surface area contributed by atoms with Crippen LogP contribution in [0.2, 0.25) is 20.1 Å². The van der Waals surface area contributed by atoms with E-state index in [0.29, 0.717) is 119 Å². The molecule has 19 nitrogen and oxygen atoms in total.